The van der Waals surface area contributed by atoms with Crippen LogP contribution in [0.1, 0.15) is 5.56 Å². The molecule has 0 N–H and O–H groups in total. The van der Waals surface area contributed by atoms with Crippen molar-refractivity contribution in [3.63, 3.8) is 0 Å². The van der Waals surface area contributed by atoms with Crippen LogP contribution in [0.5, 0.6) is 0 Å². The molecule has 0 atom stereocenters. The summed E-state index contributed by atoms with van der Waals surface area (Å²) < 4.78 is 18.0. The van der Waals surface area contributed by atoms with Gasteiger partial charge in [0, 0.05) is 0 Å². The van der Waals surface area contributed by atoms with Crippen LogP contribution in [0.4, 0.5) is 4.39 Å². The van der Waals surface area contributed by atoms with Crippen LogP contribution >= 0.6 is 0 Å². The van der Waals surface area contributed by atoms with E-state index in [1.54, 1.807) is 12.1 Å². The van der Waals surface area contributed by atoms with Crippen LogP contribution < -0.4 is 0 Å². The van der Waals surface area contributed by atoms with Crippen molar-refractivity contribution in [3.8, 4) is 11.5 Å². The summed E-state index contributed by atoms with van der Waals surface area (Å²) in [5, 5.41) is 3.42. The summed E-state index contributed by atoms with van der Waals surface area (Å²) in [4.78, 5) is 3.77. The topological polar surface area (TPSA) is 38.9 Å². The molecular formula is C9H7FN2O. The van der Waals surface area contributed by atoms with E-state index in [0.29, 0.717) is 5.56 Å². The van der Waals surface area contributed by atoms with Gasteiger partial charge in [0.2, 0.25) is 0 Å². The molecule has 0 aliphatic heterocycles. The second kappa shape index (κ2) is 2.97. The van der Waals surface area contributed by atoms with Crippen LogP contribution in [0.2, 0.25) is 0 Å². The van der Waals surface area contributed by atoms with E-state index in [1.807, 2.05) is 6.92 Å². The molecule has 2 aromatic rings. The molecule has 1 heterocycles. The lowest BCUT2D eigenvalue weighted by atomic mass is 10.1. The van der Waals surface area contributed by atoms with E-state index >= 15 is 0 Å². The predicted octanol–water partition coefficient (Wildman–Crippen LogP) is 2.18. The maximum absolute atomic E-state index is 13.2. The average Bonchev–Trinajstić information content (AvgIpc) is 2.61. The zero-order valence-electron chi connectivity index (χ0n) is 6.99. The van der Waals surface area contributed by atoms with Crippen molar-refractivity contribution >= 4 is 0 Å². The molecule has 0 saturated heterocycles. The highest BCUT2D eigenvalue weighted by molar-refractivity contribution is 5.54. The first-order valence-electron chi connectivity index (χ1n) is 3.80. The first kappa shape index (κ1) is 7.91. The first-order valence-corrected chi connectivity index (χ1v) is 3.80. The fourth-order valence-electron chi connectivity index (χ4n) is 1.09. The highest BCUT2D eigenvalue weighted by Crippen LogP contribution is 2.20. The van der Waals surface area contributed by atoms with Gasteiger partial charge >= 0.3 is 0 Å². The van der Waals surface area contributed by atoms with Crippen molar-refractivity contribution in [2.75, 3.05) is 0 Å². The van der Waals surface area contributed by atoms with Crippen molar-refractivity contribution in [1.82, 2.24) is 10.1 Å². The Kier molecular flexibility index (Phi) is 1.81. The lowest BCUT2D eigenvalue weighted by Crippen LogP contribution is -1.85. The number of hydrogen-bond donors (Lipinski definition) is 0. The van der Waals surface area contributed by atoms with E-state index < -0.39 is 0 Å². The van der Waals surface area contributed by atoms with E-state index in [0.717, 1.165) is 5.56 Å². The van der Waals surface area contributed by atoms with Gasteiger partial charge in [0.05, 0.1) is 5.56 Å². The SMILES string of the molecule is Cc1ccc(F)c(-c2ncno2)c1. The number of hydrogen-bond acceptors (Lipinski definition) is 3. The summed E-state index contributed by atoms with van der Waals surface area (Å²) in [6.45, 7) is 1.87. The molecule has 0 radical (unpaired) electrons. The third-order valence-electron chi connectivity index (χ3n) is 1.71. The Bertz CT molecular complexity index is 412. The normalized spacial score (nSPS) is 10.3. The molecule has 66 valence electrons. The summed E-state index contributed by atoms with van der Waals surface area (Å²) in [7, 11) is 0. The maximum atomic E-state index is 13.2. The molecule has 0 fully saturated rings. The van der Waals surface area contributed by atoms with Crippen LogP contribution in [0, 0.1) is 12.7 Å². The van der Waals surface area contributed by atoms with Crippen molar-refractivity contribution < 1.29 is 8.91 Å². The largest absolute Gasteiger partial charge is 0.334 e. The Hall–Kier alpha value is -1.71. The van der Waals surface area contributed by atoms with Crippen LogP contribution in [-0.2, 0) is 0 Å². The quantitative estimate of drug-likeness (QED) is 0.671. The minimum absolute atomic E-state index is 0.209. The van der Waals surface area contributed by atoms with Crippen LogP contribution in [0.3, 0.4) is 0 Å². The highest BCUT2D eigenvalue weighted by Gasteiger charge is 2.09. The molecular weight excluding hydrogens is 171 g/mol. The van der Waals surface area contributed by atoms with Crippen LogP contribution in [-0.4, -0.2) is 10.1 Å². The van der Waals surface area contributed by atoms with Gasteiger partial charge in [0.15, 0.2) is 6.33 Å². The van der Waals surface area contributed by atoms with E-state index in [1.165, 1.54) is 12.4 Å². The van der Waals surface area contributed by atoms with Crippen molar-refractivity contribution in [2.45, 2.75) is 6.92 Å². The van der Waals surface area contributed by atoms with E-state index in [-0.39, 0.29) is 11.7 Å². The fraction of sp³-hybridized carbons (Fsp3) is 0.111. The van der Waals surface area contributed by atoms with Crippen molar-refractivity contribution in [2.24, 2.45) is 0 Å². The average molecular weight is 178 g/mol. The zero-order chi connectivity index (χ0) is 9.26. The molecule has 0 aliphatic rings. The molecule has 0 saturated carbocycles. The monoisotopic (exact) mass is 178 g/mol. The van der Waals surface area contributed by atoms with Gasteiger partial charge < -0.3 is 4.52 Å². The second-order valence-electron chi connectivity index (χ2n) is 2.73. The summed E-state index contributed by atoms with van der Waals surface area (Å²) in [6.07, 6.45) is 1.25. The van der Waals surface area contributed by atoms with Gasteiger partial charge in [-0.2, -0.15) is 4.98 Å². The molecule has 2 rings (SSSR count). The highest BCUT2D eigenvalue weighted by atomic mass is 19.1. The van der Waals surface area contributed by atoms with Crippen LogP contribution in [0.25, 0.3) is 11.5 Å². The fourth-order valence-corrected chi connectivity index (χ4v) is 1.09. The smallest absolute Gasteiger partial charge is 0.260 e. The van der Waals surface area contributed by atoms with Gasteiger partial charge in [0.25, 0.3) is 5.89 Å². The minimum atomic E-state index is -0.352. The molecule has 1 aromatic heterocycles. The molecule has 1 aromatic carbocycles. The van der Waals surface area contributed by atoms with Crippen LogP contribution in [0.15, 0.2) is 29.0 Å². The van der Waals surface area contributed by atoms with Gasteiger partial charge in [-0.3, -0.25) is 0 Å². The number of rotatable bonds is 1. The van der Waals surface area contributed by atoms with E-state index in [4.69, 9.17) is 4.52 Å². The van der Waals surface area contributed by atoms with Gasteiger partial charge in [-0.25, -0.2) is 4.39 Å². The molecule has 0 aliphatic carbocycles. The molecule has 0 amide bonds. The Morgan fingerprint density at radius 3 is 2.92 bits per heavy atom. The van der Waals surface area contributed by atoms with E-state index in [2.05, 4.69) is 10.1 Å². The number of benzene rings is 1. The summed E-state index contributed by atoms with van der Waals surface area (Å²) >= 11 is 0. The summed E-state index contributed by atoms with van der Waals surface area (Å²) in [6, 6.07) is 4.74. The lowest BCUT2D eigenvalue weighted by Gasteiger charge is -1.97. The van der Waals surface area contributed by atoms with Gasteiger partial charge in [-0.15, -0.1) is 0 Å². The number of nitrogens with zero attached hydrogens (tertiary/aromatic N) is 2. The van der Waals surface area contributed by atoms with Crippen molar-refractivity contribution in [1.29, 1.82) is 0 Å². The summed E-state index contributed by atoms with van der Waals surface area (Å²) in [5.74, 6) is -0.143. The third kappa shape index (κ3) is 1.42. The predicted molar refractivity (Wildman–Crippen MR) is 44.4 cm³/mol. The first-order chi connectivity index (χ1) is 6.27. The molecule has 4 heteroatoms. The van der Waals surface area contributed by atoms with Crippen molar-refractivity contribution in [3.05, 3.63) is 35.9 Å². The maximum Gasteiger partial charge on any atom is 0.260 e. The Labute approximate surface area is 74.2 Å². The molecule has 13 heavy (non-hydrogen) atoms. The number of aromatic nitrogens is 2. The van der Waals surface area contributed by atoms with Gasteiger partial charge in [0.1, 0.15) is 5.82 Å². The third-order valence-corrected chi connectivity index (χ3v) is 1.71. The number of halogens is 1. The van der Waals surface area contributed by atoms with Gasteiger partial charge in [-0.1, -0.05) is 16.8 Å². The second-order valence-corrected chi connectivity index (χ2v) is 2.73. The zero-order valence-corrected chi connectivity index (χ0v) is 6.99. The molecule has 0 spiro atoms. The Morgan fingerprint density at radius 1 is 1.38 bits per heavy atom. The lowest BCUT2D eigenvalue weighted by molar-refractivity contribution is 0.427. The minimum Gasteiger partial charge on any atom is -0.334 e. The molecule has 0 unspecified atom stereocenters. The van der Waals surface area contributed by atoms with Gasteiger partial charge in [-0.05, 0) is 19.1 Å². The summed E-state index contributed by atoms with van der Waals surface area (Å²) in [5.41, 5.74) is 1.30. The Balaban J connectivity index is 2.57. The molecule has 3 nitrogen and oxygen atoms in total. The number of aryl methyl sites for hydroxylation is 1. The standard InChI is InChI=1S/C9H7FN2O/c1-6-2-3-8(10)7(4-6)9-11-5-12-13-9/h2-5H,1H3. The molecule has 0 bridgehead atoms. The van der Waals surface area contributed by atoms with E-state index in [9.17, 15) is 4.39 Å². The Morgan fingerprint density at radius 2 is 2.23 bits per heavy atom.